The first-order valence-corrected chi connectivity index (χ1v) is 19.1. The Morgan fingerprint density at radius 2 is 0.500 bits per heavy atom. The van der Waals surface area contributed by atoms with E-state index in [0.717, 1.165) is 34.1 Å². The predicted molar refractivity (Wildman–Crippen MR) is 236 cm³/mol. The summed E-state index contributed by atoms with van der Waals surface area (Å²) >= 11 is 0. The number of hydrogen-bond acceptors (Lipinski definition) is 2. The molecule has 0 unspecified atom stereocenters. The van der Waals surface area contributed by atoms with Gasteiger partial charge in [0.25, 0.3) is 0 Å². The lowest BCUT2D eigenvalue weighted by atomic mass is 9.34. The van der Waals surface area contributed by atoms with Gasteiger partial charge in [-0.2, -0.15) is 0 Å². The molecule has 0 radical (unpaired) electrons. The molecular weight excluding hydrogens is 651 g/mol. The first-order chi connectivity index (χ1) is 26.0. The maximum atomic E-state index is 2.37. The summed E-state index contributed by atoms with van der Waals surface area (Å²) < 4.78 is 0. The summed E-state index contributed by atoms with van der Waals surface area (Å²) in [6.45, 7) is 20.0. The van der Waals surface area contributed by atoms with E-state index < -0.39 is 0 Å². The summed E-state index contributed by atoms with van der Waals surface area (Å²) in [4.78, 5) is 4.70. The zero-order chi connectivity index (χ0) is 38.1. The van der Waals surface area contributed by atoms with Crippen molar-refractivity contribution in [2.24, 2.45) is 0 Å². The maximum absolute atomic E-state index is 2.37. The third kappa shape index (κ3) is 7.50. The average molecular weight is 703 g/mol. The molecular formula is C51H51BN2. The molecule has 0 aromatic heterocycles. The molecule has 0 aliphatic carbocycles. The van der Waals surface area contributed by atoms with Crippen molar-refractivity contribution in [1.82, 2.24) is 0 Å². The molecule has 0 saturated heterocycles. The van der Waals surface area contributed by atoms with Crippen LogP contribution in [0.2, 0.25) is 0 Å². The third-order valence-electron chi connectivity index (χ3n) is 10.8. The van der Waals surface area contributed by atoms with E-state index in [1.807, 2.05) is 0 Å². The molecule has 2 nitrogen and oxygen atoms in total. The first-order valence-electron chi connectivity index (χ1n) is 19.1. The molecule has 0 fully saturated rings. The zero-order valence-electron chi connectivity index (χ0n) is 33.3. The van der Waals surface area contributed by atoms with Crippen LogP contribution in [0.5, 0.6) is 0 Å². The van der Waals surface area contributed by atoms with E-state index in [4.69, 9.17) is 0 Å². The predicted octanol–water partition coefficient (Wildman–Crippen LogP) is 11.9. The number of rotatable bonds is 9. The summed E-state index contributed by atoms with van der Waals surface area (Å²) in [6, 6.07) is 54.0. The lowest BCUT2D eigenvalue weighted by Gasteiger charge is -2.29. The summed E-state index contributed by atoms with van der Waals surface area (Å²) in [5.74, 6) is 0. The normalized spacial score (nSPS) is 11.1. The van der Waals surface area contributed by atoms with Gasteiger partial charge >= 0.3 is 0 Å². The smallest absolute Gasteiger partial charge is 0.242 e. The fourth-order valence-corrected chi connectivity index (χ4v) is 8.31. The molecule has 0 bridgehead atoms. The average Bonchev–Trinajstić information content (AvgIpc) is 3.14. The van der Waals surface area contributed by atoms with Crippen molar-refractivity contribution in [3.63, 3.8) is 0 Å². The molecule has 0 N–H and O–H groups in total. The van der Waals surface area contributed by atoms with E-state index in [-0.39, 0.29) is 6.71 Å². The molecule has 7 aromatic carbocycles. The Balaban J connectivity index is 1.32. The Bertz CT molecular complexity index is 2240. The molecule has 0 saturated carbocycles. The molecule has 54 heavy (non-hydrogen) atoms. The number of hydrogen-bond donors (Lipinski definition) is 0. The number of nitrogens with zero attached hydrogens (tertiary/aromatic N) is 2. The monoisotopic (exact) mass is 702 g/mol. The lowest BCUT2D eigenvalue weighted by Crippen LogP contribution is -2.55. The Hall–Kier alpha value is -5.80. The quantitative estimate of drug-likeness (QED) is 0.138. The van der Waals surface area contributed by atoms with Crippen molar-refractivity contribution in [1.29, 1.82) is 0 Å². The topological polar surface area (TPSA) is 6.48 Å². The van der Waals surface area contributed by atoms with Gasteiger partial charge in [-0.3, -0.25) is 0 Å². The Labute approximate surface area is 323 Å². The van der Waals surface area contributed by atoms with E-state index >= 15 is 0 Å². The van der Waals surface area contributed by atoms with Gasteiger partial charge < -0.3 is 9.80 Å². The summed E-state index contributed by atoms with van der Waals surface area (Å²) in [6.07, 6.45) is 0. The highest BCUT2D eigenvalue weighted by Gasteiger charge is 2.29. The summed E-state index contributed by atoms with van der Waals surface area (Å²) in [5, 5.41) is 0. The minimum atomic E-state index is 0.127. The molecule has 7 rings (SSSR count). The van der Waals surface area contributed by atoms with Crippen molar-refractivity contribution in [3.8, 4) is 0 Å². The molecule has 0 atom stereocenters. The Kier molecular flexibility index (Phi) is 10.3. The van der Waals surface area contributed by atoms with E-state index in [1.54, 1.807) is 0 Å². The van der Waals surface area contributed by atoms with Gasteiger partial charge in [0, 0.05) is 34.1 Å². The van der Waals surface area contributed by atoms with E-state index in [1.165, 1.54) is 66.5 Å². The molecule has 0 aliphatic heterocycles. The van der Waals surface area contributed by atoms with Gasteiger partial charge in [0.1, 0.15) is 0 Å². The van der Waals surface area contributed by atoms with Crippen LogP contribution in [-0.2, 0) is 0 Å². The SMILES string of the molecule is Cc1ccc(N(c2ccc(C)cc2)c2ccc(N(c3ccc(C)cc3)c3ccc(B(c4c(C)cc(C)cc4C)c4c(C)cc(C)cc4C)cc3)cc2)cc1. The van der Waals surface area contributed by atoms with Crippen LogP contribution in [0.4, 0.5) is 34.1 Å². The van der Waals surface area contributed by atoms with Crippen LogP contribution >= 0.6 is 0 Å². The molecule has 0 spiro atoms. The molecule has 0 amide bonds. The molecule has 268 valence electrons. The van der Waals surface area contributed by atoms with Gasteiger partial charge in [-0.05, 0) is 135 Å². The second kappa shape index (κ2) is 15.3. The van der Waals surface area contributed by atoms with E-state index in [2.05, 4.69) is 218 Å². The van der Waals surface area contributed by atoms with Crippen LogP contribution in [0.25, 0.3) is 0 Å². The first kappa shape index (κ1) is 36.6. The highest BCUT2D eigenvalue weighted by Crippen LogP contribution is 2.39. The maximum Gasteiger partial charge on any atom is 0.242 e. The minimum Gasteiger partial charge on any atom is -0.311 e. The van der Waals surface area contributed by atoms with Gasteiger partial charge in [-0.1, -0.05) is 139 Å². The number of benzene rings is 7. The third-order valence-corrected chi connectivity index (χ3v) is 10.8. The summed E-state index contributed by atoms with van der Waals surface area (Å²) in [7, 11) is 0. The Morgan fingerprint density at radius 3 is 0.759 bits per heavy atom. The van der Waals surface area contributed by atoms with Crippen molar-refractivity contribution in [2.45, 2.75) is 62.3 Å². The largest absolute Gasteiger partial charge is 0.311 e. The molecule has 0 heterocycles. The highest BCUT2D eigenvalue weighted by molar-refractivity contribution is 6.96. The fourth-order valence-electron chi connectivity index (χ4n) is 8.31. The van der Waals surface area contributed by atoms with Crippen molar-refractivity contribution >= 4 is 57.2 Å². The van der Waals surface area contributed by atoms with Gasteiger partial charge in [-0.25, -0.2) is 0 Å². The van der Waals surface area contributed by atoms with Crippen LogP contribution in [0.1, 0.15) is 50.1 Å². The molecule has 3 heteroatoms. The van der Waals surface area contributed by atoms with Crippen LogP contribution in [0, 0.1) is 62.3 Å². The Morgan fingerprint density at radius 1 is 0.278 bits per heavy atom. The van der Waals surface area contributed by atoms with Crippen LogP contribution in [0.15, 0.2) is 146 Å². The second-order valence-electron chi connectivity index (χ2n) is 15.3. The lowest BCUT2D eigenvalue weighted by molar-refractivity contribution is 1.25. The van der Waals surface area contributed by atoms with Gasteiger partial charge in [0.2, 0.25) is 6.71 Å². The zero-order valence-corrected chi connectivity index (χ0v) is 33.3. The minimum absolute atomic E-state index is 0.127. The summed E-state index contributed by atoms with van der Waals surface area (Å²) in [5.41, 5.74) is 22.6. The molecule has 7 aromatic rings. The second-order valence-corrected chi connectivity index (χ2v) is 15.3. The highest BCUT2D eigenvalue weighted by atomic mass is 15.2. The van der Waals surface area contributed by atoms with Gasteiger partial charge in [0.15, 0.2) is 0 Å². The molecule has 0 aliphatic rings. The van der Waals surface area contributed by atoms with Crippen molar-refractivity contribution in [3.05, 3.63) is 196 Å². The van der Waals surface area contributed by atoms with Crippen molar-refractivity contribution < 1.29 is 0 Å². The van der Waals surface area contributed by atoms with Crippen LogP contribution < -0.4 is 26.2 Å². The van der Waals surface area contributed by atoms with Gasteiger partial charge in [0.05, 0.1) is 0 Å². The standard InChI is InChI=1S/C51H51BN2/c1-34-10-18-44(19-11-34)53(45-20-12-35(2)13-21-45)48-26-28-49(29-27-48)54(46-22-14-36(3)15-23-46)47-24-16-43(17-25-47)52(50-39(6)30-37(4)31-40(50)7)51-41(8)32-38(5)33-42(51)9/h10-33H,1-9H3. The number of anilines is 6. The number of aryl methyl sites for hydroxylation is 9. The van der Waals surface area contributed by atoms with Crippen LogP contribution in [-0.4, -0.2) is 6.71 Å². The fraction of sp³-hybridized carbons (Fsp3) is 0.176. The van der Waals surface area contributed by atoms with E-state index in [0.29, 0.717) is 0 Å². The van der Waals surface area contributed by atoms with Crippen LogP contribution in [0.3, 0.4) is 0 Å². The van der Waals surface area contributed by atoms with E-state index in [9.17, 15) is 0 Å². The van der Waals surface area contributed by atoms with Gasteiger partial charge in [-0.15, -0.1) is 0 Å². The van der Waals surface area contributed by atoms with Crippen molar-refractivity contribution in [2.75, 3.05) is 9.80 Å².